The van der Waals surface area contributed by atoms with Gasteiger partial charge in [0.25, 0.3) is 0 Å². The maximum atomic E-state index is 11.5. The van der Waals surface area contributed by atoms with E-state index in [4.69, 9.17) is 0 Å². The first kappa shape index (κ1) is 12.5. The number of aromatic nitrogens is 1. The van der Waals surface area contributed by atoms with Gasteiger partial charge in [-0.3, -0.25) is 9.78 Å². The molecule has 4 heteroatoms. The highest BCUT2D eigenvalue weighted by Crippen LogP contribution is 2.15. The summed E-state index contributed by atoms with van der Waals surface area (Å²) in [6.45, 7) is 1.22. The van der Waals surface area contributed by atoms with Crippen molar-refractivity contribution in [2.24, 2.45) is 0 Å². The number of rotatable bonds is 5. The highest BCUT2D eigenvalue weighted by atomic mass is 16.1. The Kier molecular flexibility index (Phi) is 4.25. The molecule has 1 aromatic carbocycles. The lowest BCUT2D eigenvalue weighted by Crippen LogP contribution is -2.26. The van der Waals surface area contributed by atoms with E-state index in [9.17, 15) is 4.79 Å². The van der Waals surface area contributed by atoms with Crippen molar-refractivity contribution in [3.05, 3.63) is 42.1 Å². The molecular formula is C14H17N3O. The van der Waals surface area contributed by atoms with Crippen molar-refractivity contribution in [2.45, 2.75) is 13.0 Å². The number of pyridine rings is 1. The van der Waals surface area contributed by atoms with Crippen LogP contribution in [0.2, 0.25) is 0 Å². The summed E-state index contributed by atoms with van der Waals surface area (Å²) in [5, 5.41) is 6.96. The number of amides is 1. The molecular weight excluding hydrogens is 226 g/mol. The summed E-state index contributed by atoms with van der Waals surface area (Å²) in [5.74, 6) is 0.0530. The molecule has 0 aliphatic rings. The summed E-state index contributed by atoms with van der Waals surface area (Å²) in [6.07, 6.45) is 2.27. The minimum absolute atomic E-state index is 0.0530. The number of para-hydroxylation sites is 1. The molecule has 0 fully saturated rings. The third kappa shape index (κ3) is 3.05. The van der Waals surface area contributed by atoms with Gasteiger partial charge in [-0.15, -0.1) is 0 Å². The SMILES string of the molecule is CNCCC(=O)NCc1cccc2cccnc12. The van der Waals surface area contributed by atoms with E-state index in [1.54, 1.807) is 6.20 Å². The summed E-state index contributed by atoms with van der Waals surface area (Å²) in [6, 6.07) is 9.94. The molecule has 94 valence electrons. The van der Waals surface area contributed by atoms with Crippen LogP contribution in [0.3, 0.4) is 0 Å². The summed E-state index contributed by atoms with van der Waals surface area (Å²) in [7, 11) is 1.84. The highest BCUT2D eigenvalue weighted by Gasteiger charge is 2.04. The van der Waals surface area contributed by atoms with Gasteiger partial charge in [0.15, 0.2) is 0 Å². The van der Waals surface area contributed by atoms with Gasteiger partial charge in [-0.25, -0.2) is 0 Å². The van der Waals surface area contributed by atoms with E-state index >= 15 is 0 Å². The number of carbonyl (C=O) groups excluding carboxylic acids is 1. The molecule has 18 heavy (non-hydrogen) atoms. The maximum Gasteiger partial charge on any atom is 0.221 e. The lowest BCUT2D eigenvalue weighted by molar-refractivity contribution is -0.121. The largest absolute Gasteiger partial charge is 0.352 e. The quantitative estimate of drug-likeness (QED) is 0.836. The minimum atomic E-state index is 0.0530. The van der Waals surface area contributed by atoms with E-state index < -0.39 is 0 Å². The lowest BCUT2D eigenvalue weighted by atomic mass is 10.1. The Morgan fingerprint density at radius 1 is 1.28 bits per heavy atom. The zero-order valence-corrected chi connectivity index (χ0v) is 10.4. The first-order chi connectivity index (χ1) is 8.81. The van der Waals surface area contributed by atoms with E-state index in [1.807, 2.05) is 37.4 Å². The fourth-order valence-corrected chi connectivity index (χ4v) is 1.83. The number of fused-ring (bicyclic) bond motifs is 1. The third-order valence-corrected chi connectivity index (χ3v) is 2.79. The van der Waals surface area contributed by atoms with Crippen molar-refractivity contribution in [2.75, 3.05) is 13.6 Å². The molecule has 2 aromatic rings. The Hall–Kier alpha value is -1.94. The number of benzene rings is 1. The van der Waals surface area contributed by atoms with Gasteiger partial charge in [0.05, 0.1) is 5.52 Å². The van der Waals surface area contributed by atoms with E-state index in [-0.39, 0.29) is 5.91 Å². The molecule has 0 unspecified atom stereocenters. The van der Waals surface area contributed by atoms with Gasteiger partial charge in [0, 0.05) is 31.1 Å². The Morgan fingerprint density at radius 3 is 2.94 bits per heavy atom. The molecule has 0 aliphatic heterocycles. The standard InChI is InChI=1S/C14H17N3O/c1-15-9-7-13(18)17-10-12-5-2-4-11-6-3-8-16-14(11)12/h2-6,8,15H,7,9-10H2,1H3,(H,17,18). The average molecular weight is 243 g/mol. The van der Waals surface area contributed by atoms with Crippen LogP contribution >= 0.6 is 0 Å². The van der Waals surface area contributed by atoms with E-state index in [1.165, 1.54) is 0 Å². The van der Waals surface area contributed by atoms with Crippen molar-refractivity contribution in [1.82, 2.24) is 15.6 Å². The smallest absolute Gasteiger partial charge is 0.221 e. The molecule has 1 amide bonds. The number of carbonyl (C=O) groups is 1. The van der Waals surface area contributed by atoms with Crippen LogP contribution in [0, 0.1) is 0 Å². The van der Waals surface area contributed by atoms with E-state index in [2.05, 4.69) is 15.6 Å². The minimum Gasteiger partial charge on any atom is -0.352 e. The molecule has 0 saturated heterocycles. The van der Waals surface area contributed by atoms with Crippen LogP contribution in [-0.2, 0) is 11.3 Å². The van der Waals surface area contributed by atoms with Crippen LogP contribution in [-0.4, -0.2) is 24.5 Å². The van der Waals surface area contributed by atoms with Gasteiger partial charge in [-0.1, -0.05) is 24.3 Å². The molecule has 0 aliphatic carbocycles. The van der Waals surface area contributed by atoms with E-state index in [0.717, 1.165) is 16.5 Å². The fraction of sp³-hybridized carbons (Fsp3) is 0.286. The molecule has 0 bridgehead atoms. The molecule has 0 spiro atoms. The van der Waals surface area contributed by atoms with Crippen molar-refractivity contribution >= 4 is 16.8 Å². The van der Waals surface area contributed by atoms with Crippen LogP contribution in [0.5, 0.6) is 0 Å². The second-order valence-electron chi connectivity index (χ2n) is 4.12. The lowest BCUT2D eigenvalue weighted by Gasteiger charge is -2.07. The summed E-state index contributed by atoms with van der Waals surface area (Å²) in [5.41, 5.74) is 2.00. The molecule has 1 heterocycles. The third-order valence-electron chi connectivity index (χ3n) is 2.79. The second-order valence-corrected chi connectivity index (χ2v) is 4.12. The highest BCUT2D eigenvalue weighted by molar-refractivity contribution is 5.82. The predicted octanol–water partition coefficient (Wildman–Crippen LogP) is 1.46. The Labute approximate surface area is 106 Å². The molecule has 4 nitrogen and oxygen atoms in total. The van der Waals surface area contributed by atoms with E-state index in [0.29, 0.717) is 19.5 Å². The summed E-state index contributed by atoms with van der Waals surface area (Å²) < 4.78 is 0. The normalized spacial score (nSPS) is 10.5. The average Bonchev–Trinajstić information content (AvgIpc) is 2.42. The van der Waals surface area contributed by atoms with Crippen molar-refractivity contribution < 1.29 is 4.79 Å². The number of nitrogens with one attached hydrogen (secondary N) is 2. The van der Waals surface area contributed by atoms with Gasteiger partial charge >= 0.3 is 0 Å². The maximum absolute atomic E-state index is 11.5. The first-order valence-electron chi connectivity index (χ1n) is 6.05. The molecule has 0 atom stereocenters. The van der Waals surface area contributed by atoms with Gasteiger partial charge in [-0.2, -0.15) is 0 Å². The Morgan fingerprint density at radius 2 is 2.11 bits per heavy atom. The Balaban J connectivity index is 2.05. The van der Waals surface area contributed by atoms with Gasteiger partial charge in [0.2, 0.25) is 5.91 Å². The van der Waals surface area contributed by atoms with Gasteiger partial charge in [-0.05, 0) is 18.7 Å². The number of hydrogen-bond donors (Lipinski definition) is 2. The van der Waals surface area contributed by atoms with Crippen LogP contribution in [0.1, 0.15) is 12.0 Å². The molecule has 1 aromatic heterocycles. The van der Waals surface area contributed by atoms with Gasteiger partial charge in [0.1, 0.15) is 0 Å². The fourth-order valence-electron chi connectivity index (χ4n) is 1.83. The van der Waals surface area contributed by atoms with Crippen molar-refractivity contribution in [1.29, 1.82) is 0 Å². The summed E-state index contributed by atoms with van der Waals surface area (Å²) >= 11 is 0. The number of hydrogen-bond acceptors (Lipinski definition) is 3. The second kappa shape index (κ2) is 6.12. The van der Waals surface area contributed by atoms with Crippen LogP contribution in [0.15, 0.2) is 36.5 Å². The molecule has 2 N–H and O–H groups in total. The van der Waals surface area contributed by atoms with Crippen LogP contribution in [0.25, 0.3) is 10.9 Å². The topological polar surface area (TPSA) is 54.0 Å². The molecule has 0 radical (unpaired) electrons. The number of nitrogens with zero attached hydrogens (tertiary/aromatic N) is 1. The summed E-state index contributed by atoms with van der Waals surface area (Å²) in [4.78, 5) is 15.9. The zero-order valence-electron chi connectivity index (χ0n) is 10.4. The first-order valence-corrected chi connectivity index (χ1v) is 6.05. The Bertz CT molecular complexity index is 534. The molecule has 0 saturated carbocycles. The monoisotopic (exact) mass is 243 g/mol. The van der Waals surface area contributed by atoms with Crippen LogP contribution < -0.4 is 10.6 Å². The van der Waals surface area contributed by atoms with Crippen molar-refractivity contribution in [3.8, 4) is 0 Å². The van der Waals surface area contributed by atoms with Crippen LogP contribution in [0.4, 0.5) is 0 Å². The van der Waals surface area contributed by atoms with Gasteiger partial charge < -0.3 is 10.6 Å². The molecule has 2 rings (SSSR count). The van der Waals surface area contributed by atoms with Crippen molar-refractivity contribution in [3.63, 3.8) is 0 Å². The predicted molar refractivity (Wildman–Crippen MR) is 72.1 cm³/mol. The zero-order chi connectivity index (χ0) is 12.8.